The van der Waals surface area contributed by atoms with Gasteiger partial charge in [0.1, 0.15) is 5.75 Å². The van der Waals surface area contributed by atoms with Crippen LogP contribution in [0.2, 0.25) is 0 Å². The van der Waals surface area contributed by atoms with E-state index in [9.17, 15) is 13.2 Å². The van der Waals surface area contributed by atoms with Gasteiger partial charge in [-0.15, -0.1) is 0 Å². The van der Waals surface area contributed by atoms with Gasteiger partial charge in [-0.3, -0.25) is 9.10 Å². The van der Waals surface area contributed by atoms with Crippen LogP contribution in [0.25, 0.3) is 0 Å². The molecule has 0 aliphatic rings. The lowest BCUT2D eigenvalue weighted by Gasteiger charge is -2.20. The van der Waals surface area contributed by atoms with Gasteiger partial charge in [-0.1, -0.05) is 29.8 Å². The summed E-state index contributed by atoms with van der Waals surface area (Å²) >= 11 is 0. The number of ether oxygens (including phenoxy) is 1. The van der Waals surface area contributed by atoms with Crippen LogP contribution in [0.3, 0.4) is 0 Å². The molecule has 0 saturated carbocycles. The molecule has 0 bridgehead atoms. The maximum atomic E-state index is 12.9. The number of carbonyl (C=O) groups is 1. The van der Waals surface area contributed by atoms with Crippen LogP contribution in [0.15, 0.2) is 77.7 Å². The first kappa shape index (κ1) is 22.4. The van der Waals surface area contributed by atoms with Gasteiger partial charge in [-0.2, -0.15) is 0 Å². The standard InChI is InChI=1S/C24H26N2O4S/c1-17-5-7-19(8-6-17)18(2)25-24(27)20-9-11-21(12-10-20)26(3)31(28,29)23-15-13-22(30-4)14-16-23/h5-16,18H,1-4H3,(H,25,27)/t18-/m0/s1. The number of hydrogen-bond donors (Lipinski definition) is 1. The van der Waals surface area contributed by atoms with Crippen LogP contribution < -0.4 is 14.4 Å². The SMILES string of the molecule is COc1ccc(S(=O)(=O)N(C)c2ccc(C(=O)N[C@@H](C)c3ccc(C)cc3)cc2)cc1. The molecule has 0 aromatic heterocycles. The molecule has 0 aliphatic heterocycles. The summed E-state index contributed by atoms with van der Waals surface area (Å²) in [7, 11) is -0.729. The summed E-state index contributed by atoms with van der Waals surface area (Å²) in [6.45, 7) is 3.94. The fourth-order valence-electron chi connectivity index (χ4n) is 3.09. The number of anilines is 1. The molecule has 3 rings (SSSR count). The number of nitrogens with zero attached hydrogens (tertiary/aromatic N) is 1. The molecular formula is C24H26N2O4S. The number of sulfonamides is 1. The third kappa shape index (κ3) is 5.06. The second kappa shape index (κ2) is 9.22. The number of carbonyl (C=O) groups excluding carboxylic acids is 1. The highest BCUT2D eigenvalue weighted by Gasteiger charge is 2.21. The van der Waals surface area contributed by atoms with E-state index < -0.39 is 10.0 Å². The summed E-state index contributed by atoms with van der Waals surface area (Å²) < 4.78 is 32.0. The minimum Gasteiger partial charge on any atom is -0.497 e. The number of rotatable bonds is 7. The third-order valence-corrected chi connectivity index (χ3v) is 6.94. The van der Waals surface area contributed by atoms with Crippen molar-refractivity contribution in [1.29, 1.82) is 0 Å². The van der Waals surface area contributed by atoms with E-state index in [0.29, 0.717) is 17.0 Å². The Hall–Kier alpha value is -3.32. The van der Waals surface area contributed by atoms with Crippen LogP contribution in [0.4, 0.5) is 5.69 Å². The lowest BCUT2D eigenvalue weighted by molar-refractivity contribution is 0.0940. The molecule has 1 N–H and O–H groups in total. The zero-order chi connectivity index (χ0) is 22.6. The van der Waals surface area contributed by atoms with Crippen molar-refractivity contribution in [2.24, 2.45) is 0 Å². The van der Waals surface area contributed by atoms with Gasteiger partial charge in [0.25, 0.3) is 15.9 Å². The largest absolute Gasteiger partial charge is 0.497 e. The van der Waals surface area contributed by atoms with Gasteiger partial charge in [0.15, 0.2) is 0 Å². The Morgan fingerprint density at radius 3 is 2.06 bits per heavy atom. The predicted octanol–water partition coefficient (Wildman–Crippen LogP) is 4.32. The fraction of sp³-hybridized carbons (Fsp3) is 0.208. The summed E-state index contributed by atoms with van der Waals surface area (Å²) in [5.41, 5.74) is 3.09. The molecule has 1 atom stereocenters. The summed E-state index contributed by atoms with van der Waals surface area (Å²) in [4.78, 5) is 12.8. The Kier molecular flexibility index (Phi) is 6.65. The molecule has 0 aliphatic carbocycles. The highest BCUT2D eigenvalue weighted by molar-refractivity contribution is 7.92. The number of amides is 1. The second-order valence-electron chi connectivity index (χ2n) is 7.30. The average Bonchev–Trinajstić information content (AvgIpc) is 2.79. The van der Waals surface area contributed by atoms with Gasteiger partial charge in [0.2, 0.25) is 0 Å². The van der Waals surface area contributed by atoms with Gasteiger partial charge in [0, 0.05) is 12.6 Å². The highest BCUT2D eigenvalue weighted by Crippen LogP contribution is 2.24. The van der Waals surface area contributed by atoms with E-state index in [-0.39, 0.29) is 16.8 Å². The molecule has 0 heterocycles. The van der Waals surface area contributed by atoms with E-state index >= 15 is 0 Å². The number of methoxy groups -OCH3 is 1. The molecule has 0 spiro atoms. The summed E-state index contributed by atoms with van der Waals surface area (Å²) in [6, 6.07) is 20.5. The van der Waals surface area contributed by atoms with Crippen molar-refractivity contribution in [1.82, 2.24) is 5.32 Å². The Morgan fingerprint density at radius 2 is 1.52 bits per heavy atom. The molecule has 7 heteroatoms. The zero-order valence-electron chi connectivity index (χ0n) is 18.0. The lowest BCUT2D eigenvalue weighted by Crippen LogP contribution is -2.28. The first-order chi connectivity index (χ1) is 14.7. The van der Waals surface area contributed by atoms with Gasteiger partial charge in [0.05, 0.1) is 23.7 Å². The van der Waals surface area contributed by atoms with E-state index in [0.717, 1.165) is 11.1 Å². The van der Waals surface area contributed by atoms with Gasteiger partial charge >= 0.3 is 0 Å². The van der Waals surface area contributed by atoms with Crippen molar-refractivity contribution in [2.45, 2.75) is 24.8 Å². The number of aryl methyl sites for hydroxylation is 1. The highest BCUT2D eigenvalue weighted by atomic mass is 32.2. The van der Waals surface area contributed by atoms with Gasteiger partial charge in [-0.05, 0) is 67.9 Å². The number of nitrogens with one attached hydrogen (secondary N) is 1. The van der Waals surface area contributed by atoms with E-state index in [1.807, 2.05) is 38.1 Å². The summed E-state index contributed by atoms with van der Waals surface area (Å²) in [5, 5.41) is 2.96. The average molecular weight is 439 g/mol. The van der Waals surface area contributed by atoms with Crippen molar-refractivity contribution in [2.75, 3.05) is 18.5 Å². The Bertz CT molecular complexity index is 1140. The molecule has 31 heavy (non-hydrogen) atoms. The third-order valence-electron chi connectivity index (χ3n) is 5.14. The Balaban J connectivity index is 1.72. The van der Waals surface area contributed by atoms with Crippen LogP contribution in [0.5, 0.6) is 5.75 Å². The minimum atomic E-state index is -3.73. The Morgan fingerprint density at radius 1 is 0.935 bits per heavy atom. The molecule has 3 aromatic rings. The van der Waals surface area contributed by atoms with Crippen LogP contribution in [0.1, 0.15) is 34.5 Å². The van der Waals surface area contributed by atoms with Crippen molar-refractivity contribution in [3.63, 3.8) is 0 Å². The van der Waals surface area contributed by atoms with Crippen molar-refractivity contribution in [3.05, 3.63) is 89.5 Å². The molecule has 0 fully saturated rings. The second-order valence-corrected chi connectivity index (χ2v) is 9.27. The molecule has 162 valence electrons. The molecule has 0 saturated heterocycles. The molecule has 0 radical (unpaired) electrons. The molecule has 3 aromatic carbocycles. The monoisotopic (exact) mass is 438 g/mol. The first-order valence-corrected chi connectivity index (χ1v) is 11.3. The topological polar surface area (TPSA) is 75.7 Å². The first-order valence-electron chi connectivity index (χ1n) is 9.83. The molecular weight excluding hydrogens is 412 g/mol. The van der Waals surface area contributed by atoms with Crippen molar-refractivity contribution >= 4 is 21.6 Å². The van der Waals surface area contributed by atoms with Crippen LogP contribution in [0, 0.1) is 6.92 Å². The smallest absolute Gasteiger partial charge is 0.264 e. The summed E-state index contributed by atoms with van der Waals surface area (Å²) in [5.74, 6) is 0.358. The summed E-state index contributed by atoms with van der Waals surface area (Å²) in [6.07, 6.45) is 0. The predicted molar refractivity (Wildman–Crippen MR) is 122 cm³/mol. The van der Waals surface area contributed by atoms with Crippen molar-refractivity contribution in [3.8, 4) is 5.75 Å². The van der Waals surface area contributed by atoms with E-state index in [1.165, 1.54) is 30.6 Å². The van der Waals surface area contributed by atoms with Gasteiger partial charge < -0.3 is 10.1 Å². The van der Waals surface area contributed by atoms with Crippen LogP contribution in [-0.2, 0) is 10.0 Å². The maximum Gasteiger partial charge on any atom is 0.264 e. The van der Waals surface area contributed by atoms with E-state index in [2.05, 4.69) is 5.32 Å². The minimum absolute atomic E-state index is 0.147. The van der Waals surface area contributed by atoms with Crippen LogP contribution >= 0.6 is 0 Å². The lowest BCUT2D eigenvalue weighted by atomic mass is 10.1. The molecule has 0 unspecified atom stereocenters. The van der Waals surface area contributed by atoms with Crippen molar-refractivity contribution < 1.29 is 17.9 Å². The van der Waals surface area contributed by atoms with Gasteiger partial charge in [-0.25, -0.2) is 8.42 Å². The normalized spacial score (nSPS) is 12.1. The quantitative estimate of drug-likeness (QED) is 0.596. The maximum absolute atomic E-state index is 12.9. The molecule has 1 amide bonds. The van der Waals surface area contributed by atoms with E-state index in [4.69, 9.17) is 4.74 Å². The number of benzene rings is 3. The zero-order valence-corrected chi connectivity index (χ0v) is 18.8. The molecule has 6 nitrogen and oxygen atoms in total. The van der Waals surface area contributed by atoms with E-state index in [1.54, 1.807) is 36.4 Å². The Labute approximate surface area is 183 Å². The number of hydrogen-bond acceptors (Lipinski definition) is 4. The van der Waals surface area contributed by atoms with Crippen LogP contribution in [-0.4, -0.2) is 28.5 Å². The fourth-order valence-corrected chi connectivity index (χ4v) is 4.28.